The van der Waals surface area contributed by atoms with Gasteiger partial charge in [0.15, 0.2) is 11.5 Å². The molecular formula is C14H18N2O5. The minimum atomic E-state index is -1.15. The van der Waals surface area contributed by atoms with Crippen LogP contribution in [0.3, 0.4) is 0 Å². The van der Waals surface area contributed by atoms with Gasteiger partial charge in [-0.2, -0.15) is 0 Å². The second-order valence-corrected chi connectivity index (χ2v) is 5.14. The van der Waals surface area contributed by atoms with Gasteiger partial charge in [0, 0.05) is 12.5 Å². The van der Waals surface area contributed by atoms with Crippen LogP contribution in [0.5, 0.6) is 11.5 Å². The predicted octanol–water partition coefficient (Wildman–Crippen LogP) is -0.0383. The molecule has 1 aliphatic carbocycles. The molecule has 0 bridgehead atoms. The molecule has 0 aromatic heterocycles. The predicted molar refractivity (Wildman–Crippen MR) is 74.1 cm³/mol. The van der Waals surface area contributed by atoms with Crippen LogP contribution in [0.4, 0.5) is 0 Å². The molecule has 1 atom stereocenters. The van der Waals surface area contributed by atoms with Gasteiger partial charge in [0.1, 0.15) is 6.04 Å². The summed E-state index contributed by atoms with van der Waals surface area (Å²) in [6.07, 6.45) is 2.11. The third-order valence-electron chi connectivity index (χ3n) is 3.24. The number of amides is 1. The lowest BCUT2D eigenvalue weighted by molar-refractivity contribution is -0.141. The number of hydrogen-bond donors (Lipinski definition) is 5. The number of carboxylic acid groups (broad SMARTS) is 1. The summed E-state index contributed by atoms with van der Waals surface area (Å²) >= 11 is 0. The van der Waals surface area contributed by atoms with Crippen LogP contribution in [-0.2, 0) is 16.0 Å². The molecule has 0 radical (unpaired) electrons. The fraction of sp³-hybridized carbons (Fsp3) is 0.429. The Bertz CT molecular complexity index is 542. The first-order valence-electron chi connectivity index (χ1n) is 6.72. The number of carboxylic acids is 1. The van der Waals surface area contributed by atoms with Gasteiger partial charge in [0.05, 0.1) is 6.54 Å². The van der Waals surface area contributed by atoms with Crippen molar-refractivity contribution >= 4 is 11.9 Å². The topological polar surface area (TPSA) is 119 Å². The second-order valence-electron chi connectivity index (χ2n) is 5.14. The molecule has 0 saturated heterocycles. The van der Waals surface area contributed by atoms with E-state index in [1.807, 2.05) is 0 Å². The van der Waals surface area contributed by atoms with Crippen molar-refractivity contribution in [3.63, 3.8) is 0 Å². The SMILES string of the molecule is O=C(CNC1CC1)N[C@@H](Cc1ccc(O)c(O)c1)C(=O)O. The van der Waals surface area contributed by atoms with E-state index in [1.165, 1.54) is 18.2 Å². The van der Waals surface area contributed by atoms with Gasteiger partial charge in [-0.25, -0.2) is 4.79 Å². The highest BCUT2D eigenvalue weighted by Gasteiger charge is 2.24. The monoisotopic (exact) mass is 294 g/mol. The number of aliphatic carboxylic acids is 1. The van der Waals surface area contributed by atoms with Crippen molar-refractivity contribution in [2.75, 3.05) is 6.54 Å². The number of phenols is 2. The molecule has 1 aromatic rings. The normalized spacial score (nSPS) is 15.4. The molecule has 1 aromatic carbocycles. The number of hydrogen-bond acceptors (Lipinski definition) is 5. The van der Waals surface area contributed by atoms with E-state index < -0.39 is 12.0 Å². The van der Waals surface area contributed by atoms with E-state index in [-0.39, 0.29) is 30.4 Å². The summed E-state index contributed by atoms with van der Waals surface area (Å²) in [5.74, 6) is -2.12. The maximum Gasteiger partial charge on any atom is 0.326 e. The van der Waals surface area contributed by atoms with Crippen molar-refractivity contribution in [2.45, 2.75) is 31.3 Å². The highest BCUT2D eigenvalue weighted by atomic mass is 16.4. The van der Waals surface area contributed by atoms with Gasteiger partial charge in [-0.05, 0) is 30.5 Å². The van der Waals surface area contributed by atoms with E-state index in [0.717, 1.165) is 12.8 Å². The third kappa shape index (κ3) is 4.64. The molecule has 114 valence electrons. The summed E-state index contributed by atoms with van der Waals surface area (Å²) in [6, 6.07) is 3.34. The highest BCUT2D eigenvalue weighted by molar-refractivity contribution is 5.84. The fourth-order valence-corrected chi connectivity index (χ4v) is 1.90. The molecule has 0 unspecified atom stereocenters. The largest absolute Gasteiger partial charge is 0.504 e. The summed E-state index contributed by atoms with van der Waals surface area (Å²) in [4.78, 5) is 22.9. The smallest absolute Gasteiger partial charge is 0.326 e. The number of carbonyl (C=O) groups is 2. The van der Waals surface area contributed by atoms with Gasteiger partial charge in [0.2, 0.25) is 5.91 Å². The number of nitrogens with one attached hydrogen (secondary N) is 2. The van der Waals surface area contributed by atoms with E-state index in [4.69, 9.17) is 5.11 Å². The van der Waals surface area contributed by atoms with Crippen molar-refractivity contribution in [3.8, 4) is 11.5 Å². The Labute approximate surface area is 121 Å². The maximum atomic E-state index is 11.7. The van der Waals surface area contributed by atoms with Crippen molar-refractivity contribution in [2.24, 2.45) is 0 Å². The maximum absolute atomic E-state index is 11.7. The van der Waals surface area contributed by atoms with Crippen LogP contribution < -0.4 is 10.6 Å². The molecule has 1 aliphatic rings. The molecule has 0 aliphatic heterocycles. The lowest BCUT2D eigenvalue weighted by atomic mass is 10.1. The summed E-state index contributed by atoms with van der Waals surface area (Å²) < 4.78 is 0. The Kier molecular flexibility index (Phi) is 4.64. The van der Waals surface area contributed by atoms with Crippen LogP contribution >= 0.6 is 0 Å². The Balaban J connectivity index is 1.92. The minimum absolute atomic E-state index is 0.0261. The molecule has 7 nitrogen and oxygen atoms in total. The van der Waals surface area contributed by atoms with Crippen LogP contribution in [0.15, 0.2) is 18.2 Å². The zero-order valence-corrected chi connectivity index (χ0v) is 11.4. The molecule has 1 saturated carbocycles. The lowest BCUT2D eigenvalue weighted by Gasteiger charge is -2.15. The Morgan fingerprint density at radius 1 is 1.24 bits per heavy atom. The van der Waals surface area contributed by atoms with E-state index in [1.54, 1.807) is 0 Å². The van der Waals surface area contributed by atoms with E-state index >= 15 is 0 Å². The number of carbonyl (C=O) groups excluding carboxylic acids is 1. The fourth-order valence-electron chi connectivity index (χ4n) is 1.90. The third-order valence-corrected chi connectivity index (χ3v) is 3.24. The number of phenolic OH excluding ortho intramolecular Hbond substituents is 2. The summed E-state index contributed by atoms with van der Waals surface area (Å²) in [7, 11) is 0. The van der Waals surface area contributed by atoms with Crippen LogP contribution in [0, 0.1) is 0 Å². The molecule has 7 heteroatoms. The molecule has 21 heavy (non-hydrogen) atoms. The molecule has 5 N–H and O–H groups in total. The average Bonchev–Trinajstić information content (AvgIpc) is 3.24. The molecule has 0 spiro atoms. The molecule has 0 heterocycles. The van der Waals surface area contributed by atoms with Gasteiger partial charge in [-0.1, -0.05) is 6.07 Å². The van der Waals surface area contributed by atoms with Crippen LogP contribution in [-0.4, -0.2) is 45.8 Å². The minimum Gasteiger partial charge on any atom is -0.504 e. The number of aromatic hydroxyl groups is 2. The first kappa shape index (κ1) is 15.1. The molecular weight excluding hydrogens is 276 g/mol. The van der Waals surface area contributed by atoms with Gasteiger partial charge >= 0.3 is 5.97 Å². The molecule has 1 fully saturated rings. The summed E-state index contributed by atoms with van der Waals surface area (Å²) in [5, 5.41) is 33.2. The van der Waals surface area contributed by atoms with Crippen molar-refractivity contribution in [3.05, 3.63) is 23.8 Å². The standard InChI is InChI=1S/C14H18N2O5/c17-11-4-1-8(6-12(11)18)5-10(14(20)21)16-13(19)7-15-9-2-3-9/h1,4,6,9-10,15,17-18H,2-3,5,7H2,(H,16,19)(H,20,21)/t10-/m0/s1. The van der Waals surface area contributed by atoms with E-state index in [0.29, 0.717) is 11.6 Å². The van der Waals surface area contributed by atoms with Crippen LogP contribution in [0.1, 0.15) is 18.4 Å². The Morgan fingerprint density at radius 3 is 2.52 bits per heavy atom. The lowest BCUT2D eigenvalue weighted by Crippen LogP contribution is -2.46. The first-order valence-corrected chi connectivity index (χ1v) is 6.72. The van der Waals surface area contributed by atoms with Crippen molar-refractivity contribution in [1.29, 1.82) is 0 Å². The van der Waals surface area contributed by atoms with Crippen molar-refractivity contribution < 1.29 is 24.9 Å². The highest BCUT2D eigenvalue weighted by Crippen LogP contribution is 2.25. The summed E-state index contributed by atoms with van der Waals surface area (Å²) in [6.45, 7) is 0.0925. The molecule has 2 rings (SSSR count). The second kappa shape index (κ2) is 6.45. The van der Waals surface area contributed by atoms with Crippen molar-refractivity contribution in [1.82, 2.24) is 10.6 Å². The zero-order chi connectivity index (χ0) is 15.4. The Hall–Kier alpha value is -2.28. The van der Waals surface area contributed by atoms with Gasteiger partial charge in [0.25, 0.3) is 0 Å². The zero-order valence-electron chi connectivity index (χ0n) is 11.4. The van der Waals surface area contributed by atoms with Gasteiger partial charge in [-0.15, -0.1) is 0 Å². The number of benzene rings is 1. The quantitative estimate of drug-likeness (QED) is 0.450. The van der Waals surface area contributed by atoms with E-state index in [9.17, 15) is 19.8 Å². The first-order chi connectivity index (χ1) is 9.95. The number of rotatable bonds is 7. The summed E-state index contributed by atoms with van der Waals surface area (Å²) in [5.41, 5.74) is 0.508. The molecule has 1 amide bonds. The van der Waals surface area contributed by atoms with Crippen LogP contribution in [0.25, 0.3) is 0 Å². The van der Waals surface area contributed by atoms with Gasteiger partial charge in [-0.3, -0.25) is 4.79 Å². The Morgan fingerprint density at radius 2 is 1.95 bits per heavy atom. The van der Waals surface area contributed by atoms with Gasteiger partial charge < -0.3 is 26.0 Å². The van der Waals surface area contributed by atoms with Crippen LogP contribution in [0.2, 0.25) is 0 Å². The van der Waals surface area contributed by atoms with E-state index in [2.05, 4.69) is 10.6 Å². The average molecular weight is 294 g/mol.